The van der Waals surface area contributed by atoms with Crippen molar-refractivity contribution in [1.29, 1.82) is 0 Å². The minimum absolute atomic E-state index is 0.337. The topological polar surface area (TPSA) is 152 Å². The average molecular weight is 537 g/mol. The second-order valence-corrected chi connectivity index (χ2v) is 9.27. The molecule has 0 aromatic carbocycles. The van der Waals surface area contributed by atoms with E-state index >= 15 is 0 Å². The summed E-state index contributed by atoms with van der Waals surface area (Å²) in [6.07, 6.45) is 19.7. The monoisotopic (exact) mass is 536 g/mol. The summed E-state index contributed by atoms with van der Waals surface area (Å²) in [5, 5.41) is 40.7. The van der Waals surface area contributed by atoms with Gasteiger partial charge in [-0.2, -0.15) is 0 Å². The highest BCUT2D eigenvalue weighted by molar-refractivity contribution is 5.67. The molecule has 0 saturated carbocycles. The number of aliphatic carboxylic acids is 3. The standard InChI is InChI=1S/C10H20O2.2C8H16O2.C3H8O2/c1-2-3-4-5-6-7-8-9-10(11)12;2*1-2-3-4-5-6-7-8(9)10;1-2-3(4)5/h2-9H2,1H3,(H,11,12);2*2-7H2,1H3,(H,9,10);3-5H,2H2,1H3. The maximum atomic E-state index is 10.1. The van der Waals surface area contributed by atoms with E-state index in [9.17, 15) is 14.4 Å². The molecule has 0 aromatic rings. The molecule has 0 heterocycles. The molecule has 0 spiro atoms. The van der Waals surface area contributed by atoms with Gasteiger partial charge in [-0.1, -0.05) is 118 Å². The Kier molecular flexibility index (Phi) is 44.5. The van der Waals surface area contributed by atoms with E-state index in [1.165, 1.54) is 70.6 Å². The highest BCUT2D eigenvalue weighted by Gasteiger charge is 1.96. The molecule has 224 valence electrons. The van der Waals surface area contributed by atoms with Gasteiger partial charge in [0, 0.05) is 19.3 Å². The first-order valence-electron chi connectivity index (χ1n) is 14.6. The first-order valence-corrected chi connectivity index (χ1v) is 14.6. The molecule has 0 radical (unpaired) electrons. The molecule has 0 aliphatic rings. The van der Waals surface area contributed by atoms with Crippen LogP contribution in [0.1, 0.15) is 163 Å². The van der Waals surface area contributed by atoms with Gasteiger partial charge in [-0.3, -0.25) is 14.4 Å². The van der Waals surface area contributed by atoms with Crippen LogP contribution in [0.5, 0.6) is 0 Å². The van der Waals surface area contributed by atoms with Gasteiger partial charge in [0.1, 0.15) is 0 Å². The number of aliphatic hydroxyl groups excluding tert-OH is 1. The summed E-state index contributed by atoms with van der Waals surface area (Å²) in [7, 11) is 0. The second kappa shape index (κ2) is 38.9. The van der Waals surface area contributed by atoms with E-state index in [0.717, 1.165) is 38.5 Å². The molecule has 0 bridgehead atoms. The first kappa shape index (κ1) is 42.4. The van der Waals surface area contributed by atoms with E-state index in [1.807, 2.05) is 0 Å². The Bertz CT molecular complexity index is 443. The van der Waals surface area contributed by atoms with E-state index in [4.69, 9.17) is 25.5 Å². The van der Waals surface area contributed by atoms with Gasteiger partial charge in [-0.15, -0.1) is 0 Å². The van der Waals surface area contributed by atoms with Gasteiger partial charge < -0.3 is 25.5 Å². The lowest BCUT2D eigenvalue weighted by Crippen LogP contribution is -1.99. The Balaban J connectivity index is -0.000000203. The third-order valence-corrected chi connectivity index (χ3v) is 5.35. The van der Waals surface area contributed by atoms with Crippen LogP contribution in [-0.2, 0) is 14.4 Å². The number of carboxylic acids is 3. The Morgan fingerprint density at radius 2 is 0.622 bits per heavy atom. The van der Waals surface area contributed by atoms with Crippen molar-refractivity contribution in [2.75, 3.05) is 0 Å². The van der Waals surface area contributed by atoms with Crippen LogP contribution < -0.4 is 0 Å². The normalized spacial score (nSPS) is 9.81. The van der Waals surface area contributed by atoms with Gasteiger partial charge >= 0.3 is 17.9 Å². The lowest BCUT2D eigenvalue weighted by Gasteiger charge is -1.98. The number of unbranched alkanes of at least 4 members (excludes halogenated alkanes) is 14. The Labute approximate surface area is 226 Å². The molecule has 0 saturated heterocycles. The molecule has 8 nitrogen and oxygen atoms in total. The summed E-state index contributed by atoms with van der Waals surface area (Å²) >= 11 is 0. The fourth-order valence-electron chi connectivity index (χ4n) is 2.99. The maximum absolute atomic E-state index is 10.1. The molecular formula is C29H60O8. The molecule has 0 amide bonds. The third kappa shape index (κ3) is 65.9. The zero-order chi connectivity index (χ0) is 29.2. The van der Waals surface area contributed by atoms with Crippen molar-refractivity contribution < 1.29 is 39.9 Å². The van der Waals surface area contributed by atoms with Crippen molar-refractivity contribution in [1.82, 2.24) is 0 Å². The van der Waals surface area contributed by atoms with Crippen molar-refractivity contribution >= 4 is 17.9 Å². The molecule has 0 rings (SSSR count). The van der Waals surface area contributed by atoms with Gasteiger partial charge in [0.15, 0.2) is 6.29 Å². The molecule has 0 fully saturated rings. The predicted molar refractivity (Wildman–Crippen MR) is 151 cm³/mol. The molecule has 0 aliphatic heterocycles. The number of hydrogen-bond acceptors (Lipinski definition) is 5. The fraction of sp³-hybridized carbons (Fsp3) is 0.897. The Hall–Kier alpha value is -1.67. The third-order valence-electron chi connectivity index (χ3n) is 5.35. The molecule has 0 aromatic heterocycles. The summed E-state index contributed by atoms with van der Waals surface area (Å²) in [5.74, 6) is -2.00. The molecule has 37 heavy (non-hydrogen) atoms. The number of aliphatic hydroxyl groups is 2. The number of carboxylic acid groups (broad SMARTS) is 3. The quantitative estimate of drug-likeness (QED) is 0.0736. The minimum atomic E-state index is -1.12. The number of rotatable bonds is 21. The van der Waals surface area contributed by atoms with Crippen LogP contribution >= 0.6 is 0 Å². The van der Waals surface area contributed by atoms with Crippen LogP contribution in [0.3, 0.4) is 0 Å². The molecule has 5 N–H and O–H groups in total. The molecule has 0 atom stereocenters. The van der Waals surface area contributed by atoms with Gasteiger partial charge in [0.25, 0.3) is 0 Å². The SMILES string of the molecule is CCC(O)O.CCCCCCCC(=O)O.CCCCCCCC(=O)O.CCCCCCCCCC(=O)O. The van der Waals surface area contributed by atoms with Crippen LogP contribution in [-0.4, -0.2) is 49.7 Å². The Morgan fingerprint density at radius 3 is 0.784 bits per heavy atom. The van der Waals surface area contributed by atoms with Crippen LogP contribution in [0.15, 0.2) is 0 Å². The molecule has 0 unspecified atom stereocenters. The number of hydrogen-bond donors (Lipinski definition) is 5. The highest BCUT2D eigenvalue weighted by Crippen LogP contribution is 2.08. The van der Waals surface area contributed by atoms with Crippen molar-refractivity contribution in [3.8, 4) is 0 Å². The fourth-order valence-corrected chi connectivity index (χ4v) is 2.99. The smallest absolute Gasteiger partial charge is 0.303 e. The predicted octanol–water partition coefficient (Wildman–Crippen LogP) is 7.78. The summed E-state index contributed by atoms with van der Waals surface area (Å²) in [6, 6.07) is 0. The number of carbonyl (C=O) groups is 3. The van der Waals surface area contributed by atoms with Crippen LogP contribution in [0.4, 0.5) is 0 Å². The zero-order valence-electron chi connectivity index (χ0n) is 24.4. The summed E-state index contributed by atoms with van der Waals surface area (Å²) in [5.41, 5.74) is 0. The second-order valence-electron chi connectivity index (χ2n) is 9.27. The van der Waals surface area contributed by atoms with Crippen molar-refractivity contribution in [3.05, 3.63) is 0 Å². The molecule has 0 aliphatic carbocycles. The van der Waals surface area contributed by atoms with Gasteiger partial charge in [0.05, 0.1) is 0 Å². The zero-order valence-corrected chi connectivity index (χ0v) is 24.4. The first-order chi connectivity index (χ1) is 17.6. The van der Waals surface area contributed by atoms with E-state index in [0.29, 0.717) is 25.7 Å². The maximum Gasteiger partial charge on any atom is 0.303 e. The largest absolute Gasteiger partial charge is 0.481 e. The van der Waals surface area contributed by atoms with E-state index in [-0.39, 0.29) is 0 Å². The van der Waals surface area contributed by atoms with E-state index in [2.05, 4.69) is 20.8 Å². The minimum Gasteiger partial charge on any atom is -0.481 e. The van der Waals surface area contributed by atoms with Crippen molar-refractivity contribution in [2.24, 2.45) is 0 Å². The van der Waals surface area contributed by atoms with Crippen LogP contribution in [0.2, 0.25) is 0 Å². The van der Waals surface area contributed by atoms with Gasteiger partial charge in [0.2, 0.25) is 0 Å². The van der Waals surface area contributed by atoms with Crippen molar-refractivity contribution in [3.63, 3.8) is 0 Å². The Morgan fingerprint density at radius 1 is 0.432 bits per heavy atom. The summed E-state index contributed by atoms with van der Waals surface area (Å²) < 4.78 is 0. The van der Waals surface area contributed by atoms with Gasteiger partial charge in [-0.25, -0.2) is 0 Å². The highest BCUT2D eigenvalue weighted by atomic mass is 16.5. The van der Waals surface area contributed by atoms with Gasteiger partial charge in [-0.05, 0) is 25.7 Å². The lowest BCUT2D eigenvalue weighted by molar-refractivity contribution is -0.138. The van der Waals surface area contributed by atoms with E-state index in [1.54, 1.807) is 6.92 Å². The summed E-state index contributed by atoms with van der Waals surface area (Å²) in [6.45, 7) is 8.20. The molecule has 8 heteroatoms. The van der Waals surface area contributed by atoms with E-state index < -0.39 is 24.2 Å². The lowest BCUT2D eigenvalue weighted by atomic mass is 10.1. The van der Waals surface area contributed by atoms with Crippen molar-refractivity contribution in [2.45, 2.75) is 169 Å². The molecular weight excluding hydrogens is 476 g/mol. The average Bonchev–Trinajstić information content (AvgIpc) is 2.84. The van der Waals surface area contributed by atoms with Crippen LogP contribution in [0.25, 0.3) is 0 Å². The van der Waals surface area contributed by atoms with Crippen LogP contribution in [0, 0.1) is 0 Å². The summed E-state index contributed by atoms with van der Waals surface area (Å²) in [4.78, 5) is 30.2.